The SMILES string of the molecule is CC1CCCNC1c1nc(C2CN(C)CCO2)no1. The van der Waals surface area contributed by atoms with Gasteiger partial charge in [-0.2, -0.15) is 4.98 Å². The van der Waals surface area contributed by atoms with Crippen LogP contribution in [0.25, 0.3) is 0 Å². The molecule has 1 N–H and O–H groups in total. The van der Waals surface area contributed by atoms with Crippen molar-refractivity contribution in [3.63, 3.8) is 0 Å². The summed E-state index contributed by atoms with van der Waals surface area (Å²) in [6.07, 6.45) is 2.36. The van der Waals surface area contributed by atoms with Crippen molar-refractivity contribution < 1.29 is 9.26 Å². The van der Waals surface area contributed by atoms with Gasteiger partial charge in [0.1, 0.15) is 6.10 Å². The van der Waals surface area contributed by atoms with E-state index in [0.29, 0.717) is 17.6 Å². The first-order valence-corrected chi connectivity index (χ1v) is 7.11. The zero-order chi connectivity index (χ0) is 13.2. The molecule has 0 spiro atoms. The van der Waals surface area contributed by atoms with Crippen molar-refractivity contribution >= 4 is 0 Å². The van der Waals surface area contributed by atoms with E-state index >= 15 is 0 Å². The van der Waals surface area contributed by atoms with Gasteiger partial charge < -0.3 is 19.5 Å². The van der Waals surface area contributed by atoms with Crippen LogP contribution in [-0.4, -0.2) is 48.3 Å². The van der Waals surface area contributed by atoms with Gasteiger partial charge in [-0.1, -0.05) is 12.1 Å². The van der Waals surface area contributed by atoms with Crippen LogP contribution in [0.4, 0.5) is 0 Å². The van der Waals surface area contributed by atoms with Gasteiger partial charge in [-0.15, -0.1) is 0 Å². The predicted octanol–water partition coefficient (Wildman–Crippen LogP) is 1.13. The average Bonchev–Trinajstić information content (AvgIpc) is 2.89. The molecule has 3 heterocycles. The highest BCUT2D eigenvalue weighted by Gasteiger charge is 2.30. The first kappa shape index (κ1) is 13.0. The standard InChI is InChI=1S/C13H22N4O2/c1-9-4-3-5-14-11(9)13-15-12(16-19-13)10-8-17(2)6-7-18-10/h9-11,14H,3-8H2,1-2H3. The lowest BCUT2D eigenvalue weighted by molar-refractivity contribution is -0.0264. The lowest BCUT2D eigenvalue weighted by Crippen LogP contribution is -2.36. The molecule has 2 aliphatic heterocycles. The molecule has 0 bridgehead atoms. The van der Waals surface area contributed by atoms with Crippen LogP contribution in [0.2, 0.25) is 0 Å². The number of hydrogen-bond donors (Lipinski definition) is 1. The molecule has 0 amide bonds. The summed E-state index contributed by atoms with van der Waals surface area (Å²) in [6, 6.07) is 0.191. The molecule has 1 aromatic heterocycles. The van der Waals surface area contributed by atoms with Crippen molar-refractivity contribution in [2.75, 3.05) is 33.3 Å². The van der Waals surface area contributed by atoms with Gasteiger partial charge in [0, 0.05) is 13.1 Å². The van der Waals surface area contributed by atoms with Crippen molar-refractivity contribution in [1.29, 1.82) is 0 Å². The minimum absolute atomic E-state index is 0.0600. The molecule has 2 fully saturated rings. The first-order chi connectivity index (χ1) is 9.24. The van der Waals surface area contributed by atoms with E-state index in [1.54, 1.807) is 0 Å². The summed E-state index contributed by atoms with van der Waals surface area (Å²) in [5, 5.41) is 7.57. The van der Waals surface area contributed by atoms with E-state index in [4.69, 9.17) is 9.26 Å². The molecule has 0 aliphatic carbocycles. The van der Waals surface area contributed by atoms with Gasteiger partial charge in [0.05, 0.1) is 12.6 Å². The van der Waals surface area contributed by atoms with E-state index in [0.717, 1.165) is 26.2 Å². The summed E-state index contributed by atoms with van der Waals surface area (Å²) >= 11 is 0. The Bertz CT molecular complexity index is 423. The summed E-state index contributed by atoms with van der Waals surface area (Å²) in [7, 11) is 2.08. The van der Waals surface area contributed by atoms with E-state index < -0.39 is 0 Å². The van der Waals surface area contributed by atoms with E-state index in [9.17, 15) is 0 Å². The Morgan fingerprint density at radius 2 is 2.32 bits per heavy atom. The number of rotatable bonds is 2. The fraction of sp³-hybridized carbons (Fsp3) is 0.846. The maximum absolute atomic E-state index is 5.71. The molecule has 3 rings (SSSR count). The maximum atomic E-state index is 5.71. The Morgan fingerprint density at radius 3 is 3.11 bits per heavy atom. The molecule has 3 unspecified atom stereocenters. The molecule has 6 nitrogen and oxygen atoms in total. The van der Waals surface area contributed by atoms with Crippen LogP contribution in [0.5, 0.6) is 0 Å². The molecule has 6 heteroatoms. The van der Waals surface area contributed by atoms with E-state index in [1.807, 2.05) is 0 Å². The molecule has 3 atom stereocenters. The van der Waals surface area contributed by atoms with Crippen molar-refractivity contribution in [3.05, 3.63) is 11.7 Å². The lowest BCUT2D eigenvalue weighted by atomic mass is 9.93. The van der Waals surface area contributed by atoms with Gasteiger partial charge in [0.2, 0.25) is 11.7 Å². The van der Waals surface area contributed by atoms with Crippen LogP contribution < -0.4 is 5.32 Å². The van der Waals surface area contributed by atoms with Gasteiger partial charge >= 0.3 is 0 Å². The second kappa shape index (κ2) is 5.56. The zero-order valence-electron chi connectivity index (χ0n) is 11.6. The summed E-state index contributed by atoms with van der Waals surface area (Å²) in [5.74, 6) is 1.93. The highest BCUT2D eigenvalue weighted by molar-refractivity contribution is 4.99. The quantitative estimate of drug-likeness (QED) is 0.866. The Labute approximate surface area is 113 Å². The topological polar surface area (TPSA) is 63.4 Å². The zero-order valence-corrected chi connectivity index (χ0v) is 11.6. The first-order valence-electron chi connectivity index (χ1n) is 7.11. The van der Waals surface area contributed by atoms with Gasteiger partial charge in [0.25, 0.3) is 0 Å². The van der Waals surface area contributed by atoms with E-state index in [1.165, 1.54) is 12.8 Å². The van der Waals surface area contributed by atoms with Gasteiger partial charge in [-0.25, -0.2) is 0 Å². The summed E-state index contributed by atoms with van der Waals surface area (Å²) in [5.41, 5.74) is 0. The van der Waals surface area contributed by atoms with Crippen molar-refractivity contribution in [2.45, 2.75) is 31.9 Å². The molecule has 106 valence electrons. The van der Waals surface area contributed by atoms with Gasteiger partial charge in [0.15, 0.2) is 0 Å². The molecular formula is C13H22N4O2. The van der Waals surface area contributed by atoms with Crippen molar-refractivity contribution in [3.8, 4) is 0 Å². The van der Waals surface area contributed by atoms with E-state index in [-0.39, 0.29) is 12.1 Å². The van der Waals surface area contributed by atoms with Crippen molar-refractivity contribution in [1.82, 2.24) is 20.4 Å². The number of piperidine rings is 1. The minimum Gasteiger partial charge on any atom is -0.367 e. The van der Waals surface area contributed by atoms with Crippen LogP contribution in [-0.2, 0) is 4.74 Å². The van der Waals surface area contributed by atoms with E-state index in [2.05, 4.69) is 34.3 Å². The number of nitrogens with one attached hydrogen (secondary N) is 1. The van der Waals surface area contributed by atoms with Crippen LogP contribution in [0.3, 0.4) is 0 Å². The Hall–Kier alpha value is -0.980. The second-order valence-electron chi connectivity index (χ2n) is 5.66. The summed E-state index contributed by atoms with van der Waals surface area (Å²) < 4.78 is 11.2. The monoisotopic (exact) mass is 266 g/mol. The molecule has 2 aliphatic rings. The van der Waals surface area contributed by atoms with Crippen LogP contribution in [0, 0.1) is 5.92 Å². The number of aromatic nitrogens is 2. The van der Waals surface area contributed by atoms with Crippen molar-refractivity contribution in [2.24, 2.45) is 5.92 Å². The minimum atomic E-state index is -0.0600. The summed E-state index contributed by atoms with van der Waals surface area (Å²) in [6.45, 7) is 5.76. The normalized spacial score (nSPS) is 33.5. The third-order valence-corrected chi connectivity index (χ3v) is 4.05. The number of morpholine rings is 1. The van der Waals surface area contributed by atoms with Crippen LogP contribution in [0.1, 0.15) is 43.6 Å². The third-order valence-electron chi connectivity index (χ3n) is 4.05. The second-order valence-corrected chi connectivity index (χ2v) is 5.66. The fourth-order valence-corrected chi connectivity index (χ4v) is 2.82. The molecular weight excluding hydrogens is 244 g/mol. The number of ether oxygens (including phenoxy) is 1. The highest BCUT2D eigenvalue weighted by Crippen LogP contribution is 2.29. The molecule has 0 aromatic carbocycles. The molecule has 2 saturated heterocycles. The Kier molecular flexibility index (Phi) is 3.81. The molecule has 19 heavy (non-hydrogen) atoms. The average molecular weight is 266 g/mol. The number of hydrogen-bond acceptors (Lipinski definition) is 6. The fourth-order valence-electron chi connectivity index (χ4n) is 2.82. The van der Waals surface area contributed by atoms with Crippen LogP contribution >= 0.6 is 0 Å². The molecule has 0 radical (unpaired) electrons. The predicted molar refractivity (Wildman–Crippen MR) is 69.6 cm³/mol. The largest absolute Gasteiger partial charge is 0.367 e. The maximum Gasteiger partial charge on any atom is 0.244 e. The highest BCUT2D eigenvalue weighted by atomic mass is 16.5. The van der Waals surface area contributed by atoms with Gasteiger partial charge in [-0.3, -0.25) is 0 Å². The Morgan fingerprint density at radius 1 is 1.42 bits per heavy atom. The lowest BCUT2D eigenvalue weighted by Gasteiger charge is -2.28. The number of nitrogens with zero attached hydrogens (tertiary/aromatic N) is 3. The van der Waals surface area contributed by atoms with Gasteiger partial charge in [-0.05, 0) is 32.4 Å². The van der Waals surface area contributed by atoms with Crippen LogP contribution in [0.15, 0.2) is 4.52 Å². The smallest absolute Gasteiger partial charge is 0.244 e. The number of likely N-dealkylation sites (N-methyl/N-ethyl adjacent to an activating group) is 1. The third kappa shape index (κ3) is 2.80. The molecule has 0 saturated carbocycles. The molecule has 1 aromatic rings. The summed E-state index contributed by atoms with van der Waals surface area (Å²) in [4.78, 5) is 6.78. The Balaban J connectivity index is 1.71.